The minimum Gasteiger partial charge on any atom is -0.348 e. The Kier molecular flexibility index (Phi) is 4.47. The van der Waals surface area contributed by atoms with Crippen molar-refractivity contribution in [3.05, 3.63) is 71.5 Å². The molecule has 3 rings (SSSR count). The minimum atomic E-state index is -0.0645. The largest absolute Gasteiger partial charge is 0.348 e. The van der Waals surface area contributed by atoms with Crippen molar-refractivity contribution in [2.45, 2.75) is 19.9 Å². The number of benzene rings is 2. The normalized spacial score (nSPS) is 10.5. The van der Waals surface area contributed by atoms with Gasteiger partial charge in [-0.05, 0) is 30.2 Å². The standard InChI is InChI=1S/C18H17N3O2/c1-13-7-5-6-10-15(13)11-17(22)19-12-16-20-18(23-21-16)14-8-3-2-4-9-14/h2-10H,11-12H2,1H3,(H,19,22). The lowest BCUT2D eigenvalue weighted by Crippen LogP contribution is -2.25. The fourth-order valence-corrected chi connectivity index (χ4v) is 2.25. The first kappa shape index (κ1) is 15.0. The van der Waals surface area contributed by atoms with Crippen LogP contribution in [0.5, 0.6) is 0 Å². The molecule has 1 heterocycles. The third-order valence-corrected chi connectivity index (χ3v) is 3.54. The summed E-state index contributed by atoms with van der Waals surface area (Å²) in [5.41, 5.74) is 2.98. The summed E-state index contributed by atoms with van der Waals surface area (Å²) in [7, 11) is 0. The van der Waals surface area contributed by atoms with Crippen molar-refractivity contribution < 1.29 is 9.32 Å². The van der Waals surface area contributed by atoms with E-state index in [2.05, 4.69) is 15.5 Å². The van der Waals surface area contributed by atoms with Crippen LogP contribution >= 0.6 is 0 Å². The predicted octanol–water partition coefficient (Wildman–Crippen LogP) is 2.90. The fraction of sp³-hybridized carbons (Fsp3) is 0.167. The summed E-state index contributed by atoms with van der Waals surface area (Å²) in [5.74, 6) is 0.848. The Morgan fingerprint density at radius 1 is 1.09 bits per heavy atom. The number of amides is 1. The molecule has 3 aromatic rings. The topological polar surface area (TPSA) is 68.0 Å². The second kappa shape index (κ2) is 6.87. The van der Waals surface area contributed by atoms with Gasteiger partial charge in [-0.25, -0.2) is 0 Å². The summed E-state index contributed by atoms with van der Waals surface area (Å²) < 4.78 is 5.21. The molecule has 0 atom stereocenters. The van der Waals surface area contributed by atoms with Crippen LogP contribution in [0.4, 0.5) is 0 Å². The van der Waals surface area contributed by atoms with Gasteiger partial charge in [0, 0.05) is 5.56 Å². The maximum absolute atomic E-state index is 12.0. The molecule has 23 heavy (non-hydrogen) atoms. The molecule has 0 aliphatic carbocycles. The third kappa shape index (κ3) is 3.83. The quantitative estimate of drug-likeness (QED) is 0.787. The Balaban J connectivity index is 1.58. The van der Waals surface area contributed by atoms with Crippen molar-refractivity contribution in [1.82, 2.24) is 15.5 Å². The number of hydrogen-bond acceptors (Lipinski definition) is 4. The average molecular weight is 307 g/mol. The molecule has 5 heteroatoms. The van der Waals surface area contributed by atoms with Gasteiger partial charge in [0.1, 0.15) is 0 Å². The van der Waals surface area contributed by atoms with Crippen LogP contribution in [0.25, 0.3) is 11.5 Å². The number of hydrogen-bond donors (Lipinski definition) is 1. The number of carbonyl (C=O) groups is 1. The van der Waals surface area contributed by atoms with Gasteiger partial charge in [0.15, 0.2) is 5.82 Å². The molecule has 1 N–H and O–H groups in total. The van der Waals surface area contributed by atoms with Gasteiger partial charge in [-0.1, -0.05) is 47.6 Å². The molecule has 0 saturated heterocycles. The van der Waals surface area contributed by atoms with Gasteiger partial charge in [-0.3, -0.25) is 4.79 Å². The van der Waals surface area contributed by atoms with Crippen LogP contribution in [0, 0.1) is 6.92 Å². The van der Waals surface area contributed by atoms with Gasteiger partial charge in [-0.2, -0.15) is 4.98 Å². The van der Waals surface area contributed by atoms with Gasteiger partial charge in [0.05, 0.1) is 13.0 Å². The molecule has 2 aromatic carbocycles. The zero-order valence-corrected chi connectivity index (χ0v) is 12.8. The van der Waals surface area contributed by atoms with Gasteiger partial charge < -0.3 is 9.84 Å². The zero-order valence-electron chi connectivity index (χ0n) is 12.8. The van der Waals surface area contributed by atoms with Crippen LogP contribution in [0.3, 0.4) is 0 Å². The van der Waals surface area contributed by atoms with Gasteiger partial charge in [0.2, 0.25) is 5.91 Å². The van der Waals surface area contributed by atoms with Crippen LogP contribution in [0.1, 0.15) is 17.0 Å². The van der Waals surface area contributed by atoms with E-state index in [1.165, 1.54) is 0 Å². The Hall–Kier alpha value is -2.95. The van der Waals surface area contributed by atoms with Crippen molar-refractivity contribution in [2.24, 2.45) is 0 Å². The number of carbonyl (C=O) groups excluding carboxylic acids is 1. The lowest BCUT2D eigenvalue weighted by Gasteiger charge is -2.05. The summed E-state index contributed by atoms with van der Waals surface area (Å²) in [6.45, 7) is 2.25. The van der Waals surface area contributed by atoms with Crippen LogP contribution in [-0.2, 0) is 17.8 Å². The molecule has 0 aliphatic rings. The summed E-state index contributed by atoms with van der Waals surface area (Å²) in [6.07, 6.45) is 0.343. The zero-order chi connectivity index (χ0) is 16.1. The SMILES string of the molecule is Cc1ccccc1CC(=O)NCc1noc(-c2ccccc2)n1. The Morgan fingerprint density at radius 3 is 2.61 bits per heavy atom. The highest BCUT2D eigenvalue weighted by molar-refractivity contribution is 5.78. The van der Waals surface area contributed by atoms with E-state index in [1.807, 2.05) is 61.5 Å². The maximum atomic E-state index is 12.0. The molecular weight excluding hydrogens is 290 g/mol. The van der Waals surface area contributed by atoms with E-state index in [4.69, 9.17) is 4.52 Å². The van der Waals surface area contributed by atoms with E-state index in [9.17, 15) is 4.79 Å². The Morgan fingerprint density at radius 2 is 1.83 bits per heavy atom. The van der Waals surface area contributed by atoms with E-state index >= 15 is 0 Å². The summed E-state index contributed by atoms with van der Waals surface area (Å²) >= 11 is 0. The van der Waals surface area contributed by atoms with Crippen molar-refractivity contribution in [1.29, 1.82) is 0 Å². The first-order valence-electron chi connectivity index (χ1n) is 7.41. The highest BCUT2D eigenvalue weighted by atomic mass is 16.5. The van der Waals surface area contributed by atoms with E-state index in [1.54, 1.807) is 0 Å². The number of aromatic nitrogens is 2. The molecule has 1 aromatic heterocycles. The summed E-state index contributed by atoms with van der Waals surface area (Å²) in [5, 5.41) is 6.70. The molecule has 0 spiro atoms. The smallest absolute Gasteiger partial charge is 0.257 e. The first-order valence-corrected chi connectivity index (χ1v) is 7.41. The third-order valence-electron chi connectivity index (χ3n) is 3.54. The molecule has 1 amide bonds. The highest BCUT2D eigenvalue weighted by Crippen LogP contribution is 2.15. The summed E-state index contributed by atoms with van der Waals surface area (Å²) in [6, 6.07) is 17.4. The average Bonchev–Trinajstić information content (AvgIpc) is 3.05. The highest BCUT2D eigenvalue weighted by Gasteiger charge is 2.10. The van der Waals surface area contributed by atoms with Crippen LogP contribution in [-0.4, -0.2) is 16.0 Å². The van der Waals surface area contributed by atoms with Crippen molar-refractivity contribution in [2.75, 3.05) is 0 Å². The first-order chi connectivity index (χ1) is 11.2. The van der Waals surface area contributed by atoms with Gasteiger partial charge in [-0.15, -0.1) is 0 Å². The van der Waals surface area contributed by atoms with E-state index < -0.39 is 0 Å². The van der Waals surface area contributed by atoms with Crippen LogP contribution in [0.15, 0.2) is 59.1 Å². The lowest BCUT2D eigenvalue weighted by molar-refractivity contribution is -0.120. The van der Waals surface area contributed by atoms with E-state index in [-0.39, 0.29) is 12.5 Å². The molecule has 0 bridgehead atoms. The molecule has 116 valence electrons. The van der Waals surface area contributed by atoms with Crippen LogP contribution in [0.2, 0.25) is 0 Å². The van der Waals surface area contributed by atoms with Gasteiger partial charge in [0.25, 0.3) is 5.89 Å². The second-order valence-corrected chi connectivity index (χ2v) is 5.26. The van der Waals surface area contributed by atoms with Gasteiger partial charge >= 0.3 is 0 Å². The number of aryl methyl sites for hydroxylation is 1. The number of nitrogens with one attached hydrogen (secondary N) is 1. The molecule has 0 aliphatic heterocycles. The van der Waals surface area contributed by atoms with Crippen molar-refractivity contribution in [3.8, 4) is 11.5 Å². The molecule has 0 fully saturated rings. The Labute approximate surface area is 134 Å². The molecule has 5 nitrogen and oxygen atoms in total. The monoisotopic (exact) mass is 307 g/mol. The summed E-state index contributed by atoms with van der Waals surface area (Å²) in [4.78, 5) is 16.3. The van der Waals surface area contributed by atoms with E-state index in [0.29, 0.717) is 18.1 Å². The van der Waals surface area contributed by atoms with Crippen molar-refractivity contribution >= 4 is 5.91 Å². The minimum absolute atomic E-state index is 0.0645. The molecule has 0 saturated carbocycles. The Bertz CT molecular complexity index is 797. The molecule has 0 radical (unpaired) electrons. The fourth-order valence-electron chi connectivity index (χ4n) is 2.25. The van der Waals surface area contributed by atoms with Crippen molar-refractivity contribution in [3.63, 3.8) is 0 Å². The molecular formula is C18H17N3O2. The second-order valence-electron chi connectivity index (χ2n) is 5.26. The van der Waals surface area contributed by atoms with E-state index in [0.717, 1.165) is 16.7 Å². The molecule has 0 unspecified atom stereocenters. The lowest BCUT2D eigenvalue weighted by atomic mass is 10.1. The number of nitrogens with zero attached hydrogens (tertiary/aromatic N) is 2. The predicted molar refractivity (Wildman–Crippen MR) is 86.5 cm³/mol. The maximum Gasteiger partial charge on any atom is 0.257 e. The number of rotatable bonds is 5. The van der Waals surface area contributed by atoms with Crippen LogP contribution < -0.4 is 5.32 Å².